The number of ether oxygens (including phenoxy) is 1. The molecule has 0 spiro atoms. The molecule has 0 unspecified atom stereocenters. The van der Waals surface area contributed by atoms with Crippen molar-refractivity contribution in [1.82, 2.24) is 9.80 Å². The van der Waals surface area contributed by atoms with Gasteiger partial charge in [-0.25, -0.2) is 0 Å². The Morgan fingerprint density at radius 2 is 1.23 bits per heavy atom. The normalized spacial score (nSPS) is 16.5. The molecule has 0 aromatic heterocycles. The number of piperazine rings is 1. The highest BCUT2D eigenvalue weighted by atomic mass is 16.5. The lowest BCUT2D eigenvalue weighted by Crippen LogP contribution is -2.50. The molecule has 162 valence electrons. The topological polar surface area (TPSA) is 35.9 Å². The van der Waals surface area contributed by atoms with Crippen LogP contribution < -0.4 is 0 Å². The Morgan fingerprint density at radius 3 is 1.77 bits per heavy atom. The minimum atomic E-state index is -0.464. The molecule has 0 radical (unpaired) electrons. The summed E-state index contributed by atoms with van der Waals surface area (Å²) in [6.45, 7) is 5.42. The smallest absolute Gasteiger partial charge is 0.0900 e. The molecule has 1 atom stereocenters. The second-order valence-electron chi connectivity index (χ2n) is 8.22. The van der Waals surface area contributed by atoms with Crippen LogP contribution in [0.15, 0.2) is 91.0 Å². The Kier molecular flexibility index (Phi) is 7.86. The van der Waals surface area contributed by atoms with Crippen LogP contribution in [-0.4, -0.2) is 60.3 Å². The Labute approximate surface area is 185 Å². The molecule has 1 saturated heterocycles. The third-order valence-electron chi connectivity index (χ3n) is 5.89. The Bertz CT molecular complexity index is 841. The first kappa shape index (κ1) is 21.7. The van der Waals surface area contributed by atoms with E-state index in [4.69, 9.17) is 4.74 Å². The molecule has 31 heavy (non-hydrogen) atoms. The lowest BCUT2D eigenvalue weighted by Gasteiger charge is -2.40. The van der Waals surface area contributed by atoms with Crippen molar-refractivity contribution in [3.8, 4) is 0 Å². The van der Waals surface area contributed by atoms with Gasteiger partial charge in [0.15, 0.2) is 0 Å². The number of benzene rings is 3. The van der Waals surface area contributed by atoms with Crippen molar-refractivity contribution in [2.75, 3.05) is 39.3 Å². The Morgan fingerprint density at radius 1 is 0.710 bits per heavy atom. The molecule has 0 amide bonds. The van der Waals surface area contributed by atoms with Gasteiger partial charge in [-0.1, -0.05) is 91.0 Å². The van der Waals surface area contributed by atoms with Crippen LogP contribution in [0.5, 0.6) is 0 Å². The maximum Gasteiger partial charge on any atom is 0.0900 e. The summed E-state index contributed by atoms with van der Waals surface area (Å²) in [7, 11) is 0. The fourth-order valence-corrected chi connectivity index (χ4v) is 4.33. The molecule has 0 bridgehead atoms. The van der Waals surface area contributed by atoms with E-state index in [2.05, 4.69) is 70.5 Å². The highest BCUT2D eigenvalue weighted by molar-refractivity contribution is 5.32. The van der Waals surface area contributed by atoms with E-state index in [-0.39, 0.29) is 6.04 Å². The van der Waals surface area contributed by atoms with Crippen LogP contribution in [0.2, 0.25) is 0 Å². The average Bonchev–Trinajstić information content (AvgIpc) is 2.82. The van der Waals surface area contributed by atoms with E-state index in [9.17, 15) is 5.11 Å². The molecule has 3 aromatic carbocycles. The van der Waals surface area contributed by atoms with Gasteiger partial charge >= 0.3 is 0 Å². The van der Waals surface area contributed by atoms with E-state index in [1.807, 2.05) is 30.3 Å². The van der Waals surface area contributed by atoms with Gasteiger partial charge in [-0.2, -0.15) is 0 Å². The third kappa shape index (κ3) is 6.25. The van der Waals surface area contributed by atoms with E-state index < -0.39 is 6.10 Å². The van der Waals surface area contributed by atoms with Gasteiger partial charge in [-0.15, -0.1) is 0 Å². The van der Waals surface area contributed by atoms with Gasteiger partial charge in [0.1, 0.15) is 0 Å². The zero-order valence-electron chi connectivity index (χ0n) is 18.0. The summed E-state index contributed by atoms with van der Waals surface area (Å²) < 4.78 is 5.71. The fraction of sp³-hybridized carbons (Fsp3) is 0.333. The van der Waals surface area contributed by atoms with E-state index in [0.29, 0.717) is 19.8 Å². The molecular formula is C27H32N2O2. The van der Waals surface area contributed by atoms with Crippen LogP contribution in [0.1, 0.15) is 22.7 Å². The summed E-state index contributed by atoms with van der Waals surface area (Å²) in [4.78, 5) is 4.90. The standard InChI is InChI=1S/C27H32N2O2/c30-26(22-31-21-23-10-4-1-5-11-23)20-28-16-18-29(19-17-28)27(24-12-6-2-7-13-24)25-14-8-3-9-15-25/h1-15,26-27,30H,16-22H2/t26-/m1/s1. The first-order chi connectivity index (χ1) is 15.3. The second-order valence-corrected chi connectivity index (χ2v) is 8.22. The van der Waals surface area contributed by atoms with Crippen LogP contribution in [0.4, 0.5) is 0 Å². The fourth-order valence-electron chi connectivity index (χ4n) is 4.33. The predicted molar refractivity (Wildman–Crippen MR) is 125 cm³/mol. The molecule has 1 N–H and O–H groups in total. The molecule has 3 aromatic rings. The van der Waals surface area contributed by atoms with Crippen LogP contribution in [0.3, 0.4) is 0 Å². The number of nitrogens with zero attached hydrogens (tertiary/aromatic N) is 2. The highest BCUT2D eigenvalue weighted by Gasteiger charge is 2.27. The van der Waals surface area contributed by atoms with Gasteiger partial charge in [0, 0.05) is 32.7 Å². The van der Waals surface area contributed by atoms with Crippen LogP contribution in [-0.2, 0) is 11.3 Å². The molecule has 1 aliphatic heterocycles. The number of aliphatic hydroxyl groups is 1. The predicted octanol–water partition coefficient (Wildman–Crippen LogP) is 3.97. The number of hydrogen-bond acceptors (Lipinski definition) is 4. The minimum absolute atomic E-state index is 0.267. The first-order valence-electron chi connectivity index (χ1n) is 11.2. The van der Waals surface area contributed by atoms with Crippen molar-refractivity contribution in [3.05, 3.63) is 108 Å². The van der Waals surface area contributed by atoms with E-state index in [1.165, 1.54) is 11.1 Å². The zero-order valence-corrected chi connectivity index (χ0v) is 18.0. The van der Waals surface area contributed by atoms with Gasteiger partial charge in [0.25, 0.3) is 0 Å². The highest BCUT2D eigenvalue weighted by Crippen LogP contribution is 2.29. The summed E-state index contributed by atoms with van der Waals surface area (Å²) in [5.74, 6) is 0. The summed E-state index contributed by atoms with van der Waals surface area (Å²) in [5, 5.41) is 10.4. The Hall–Kier alpha value is -2.50. The van der Waals surface area contributed by atoms with E-state index in [0.717, 1.165) is 31.7 Å². The first-order valence-corrected chi connectivity index (χ1v) is 11.2. The molecule has 4 nitrogen and oxygen atoms in total. The SMILES string of the molecule is O[C@@H](COCc1ccccc1)CN1CCN(C(c2ccccc2)c2ccccc2)CC1. The zero-order chi connectivity index (χ0) is 21.3. The summed E-state index contributed by atoms with van der Waals surface area (Å²) >= 11 is 0. The molecule has 1 aliphatic rings. The van der Waals surface area contributed by atoms with Gasteiger partial charge in [0.2, 0.25) is 0 Å². The van der Waals surface area contributed by atoms with Crippen LogP contribution >= 0.6 is 0 Å². The molecule has 4 rings (SSSR count). The minimum Gasteiger partial charge on any atom is -0.389 e. The summed E-state index contributed by atoms with van der Waals surface area (Å²) in [6.07, 6.45) is -0.464. The molecule has 4 heteroatoms. The van der Waals surface area contributed by atoms with Gasteiger partial charge in [-0.05, 0) is 16.7 Å². The van der Waals surface area contributed by atoms with E-state index >= 15 is 0 Å². The molecule has 1 fully saturated rings. The molecule has 0 aliphatic carbocycles. The maximum atomic E-state index is 10.4. The lowest BCUT2D eigenvalue weighted by molar-refractivity contribution is -0.000707. The average molecular weight is 417 g/mol. The van der Waals surface area contributed by atoms with Crippen molar-refractivity contribution < 1.29 is 9.84 Å². The number of aliphatic hydroxyl groups excluding tert-OH is 1. The molecular weight excluding hydrogens is 384 g/mol. The maximum absolute atomic E-state index is 10.4. The second kappa shape index (κ2) is 11.2. The molecule has 1 heterocycles. The van der Waals surface area contributed by atoms with Gasteiger partial charge in [0.05, 0.1) is 25.4 Å². The van der Waals surface area contributed by atoms with Gasteiger partial charge < -0.3 is 9.84 Å². The number of β-amino-alcohol motifs (C(OH)–C–C–N with tert-alkyl or cyclic N) is 1. The van der Waals surface area contributed by atoms with Gasteiger partial charge in [-0.3, -0.25) is 9.80 Å². The quantitative estimate of drug-likeness (QED) is 0.573. The third-order valence-corrected chi connectivity index (χ3v) is 5.89. The summed E-state index contributed by atoms with van der Waals surface area (Å²) in [6, 6.07) is 31.9. The Balaban J connectivity index is 1.28. The van der Waals surface area contributed by atoms with E-state index in [1.54, 1.807) is 0 Å². The van der Waals surface area contributed by atoms with Crippen molar-refractivity contribution in [3.63, 3.8) is 0 Å². The van der Waals surface area contributed by atoms with Crippen LogP contribution in [0, 0.1) is 0 Å². The largest absolute Gasteiger partial charge is 0.389 e. The van der Waals surface area contributed by atoms with Crippen molar-refractivity contribution >= 4 is 0 Å². The monoisotopic (exact) mass is 416 g/mol. The van der Waals surface area contributed by atoms with Crippen molar-refractivity contribution in [1.29, 1.82) is 0 Å². The lowest BCUT2D eigenvalue weighted by atomic mass is 9.96. The van der Waals surface area contributed by atoms with Crippen LogP contribution in [0.25, 0.3) is 0 Å². The molecule has 0 saturated carbocycles. The van der Waals surface area contributed by atoms with Crippen molar-refractivity contribution in [2.45, 2.75) is 18.8 Å². The number of hydrogen-bond donors (Lipinski definition) is 1. The number of rotatable bonds is 9. The van der Waals surface area contributed by atoms with Crippen molar-refractivity contribution in [2.24, 2.45) is 0 Å². The summed E-state index contributed by atoms with van der Waals surface area (Å²) in [5.41, 5.74) is 3.80.